The third kappa shape index (κ3) is 49.9. The Bertz CT molecular complexity index is 752. The maximum absolute atomic E-state index is 8.55. The number of quaternary nitrogens is 3. The normalized spacial score (nSPS) is 12.0. The van der Waals surface area contributed by atoms with Crippen LogP contribution in [0.3, 0.4) is 0 Å². The first-order chi connectivity index (χ1) is 30.7. The van der Waals surface area contributed by atoms with Crippen molar-refractivity contribution < 1.29 is 32.7 Å². The van der Waals surface area contributed by atoms with Gasteiger partial charge in [-0.25, -0.2) is 0 Å². The molecule has 0 heterocycles. The summed E-state index contributed by atoms with van der Waals surface area (Å²) in [7, 11) is -5.39. The van der Waals surface area contributed by atoms with Crippen molar-refractivity contribution in [3.63, 3.8) is 0 Å². The van der Waals surface area contributed by atoms with Crippen molar-refractivity contribution >= 4 is 7.82 Å². The zero-order chi connectivity index (χ0) is 49.1. The molecular weight excluding hydrogens is 810 g/mol. The van der Waals surface area contributed by atoms with E-state index in [0.29, 0.717) is 0 Å². The van der Waals surface area contributed by atoms with E-state index in [1.807, 2.05) is 0 Å². The third-order valence-electron chi connectivity index (χ3n) is 13.5. The molecule has 0 unspecified atom stereocenters. The molecule has 0 saturated heterocycles. The second-order valence-electron chi connectivity index (χ2n) is 20.2. The molecule has 0 radical (unpaired) electrons. The molecule has 0 N–H and O–H groups in total. The Labute approximate surface area is 406 Å². The maximum Gasteiger partial charge on any atom is 0.0786 e. The third-order valence-corrected chi connectivity index (χ3v) is 13.5. The molecule has 392 valence electrons. The first kappa shape index (κ1) is 70.6. The summed E-state index contributed by atoms with van der Waals surface area (Å²) in [6.07, 6.45) is 45.4. The van der Waals surface area contributed by atoms with Gasteiger partial charge in [0.05, 0.1) is 78.5 Å². The van der Waals surface area contributed by atoms with E-state index < -0.39 is 7.82 Å². The molecule has 0 aliphatic heterocycles. The van der Waals surface area contributed by atoms with E-state index in [1.165, 1.54) is 297 Å². The van der Waals surface area contributed by atoms with E-state index in [9.17, 15) is 0 Å². The summed E-state index contributed by atoms with van der Waals surface area (Å²) < 4.78 is 12.8. The second-order valence-corrected chi connectivity index (χ2v) is 21.1. The SMILES string of the molecule is CCCCCCCC[N+](CCCCCCCC)(CCCCCCCC)CCCCCCCC.CCC[N+](CCC)(CCC)CCC.CCC[N+](CCC)(CCC)CCC.O=P([O-])([O-])[O-]. The van der Waals surface area contributed by atoms with Crippen LogP contribution in [0.1, 0.15) is 289 Å². The Hall–Kier alpha value is -0.0100. The zero-order valence-electron chi connectivity index (χ0n) is 46.5. The van der Waals surface area contributed by atoms with Crippen molar-refractivity contribution in [1.82, 2.24) is 0 Å². The molecule has 0 saturated carbocycles. The summed E-state index contributed by atoms with van der Waals surface area (Å²) in [5, 5.41) is 0. The van der Waals surface area contributed by atoms with Crippen LogP contribution in [0.4, 0.5) is 0 Å². The predicted molar refractivity (Wildman–Crippen MR) is 283 cm³/mol. The van der Waals surface area contributed by atoms with Crippen molar-refractivity contribution in [2.75, 3.05) is 78.5 Å². The minimum Gasteiger partial charge on any atom is -0.822 e. The lowest BCUT2D eigenvalue weighted by Crippen LogP contribution is -2.50. The lowest BCUT2D eigenvalue weighted by Gasteiger charge is -2.40. The number of hydrogen-bond donors (Lipinski definition) is 0. The van der Waals surface area contributed by atoms with Crippen LogP contribution in [0.2, 0.25) is 0 Å². The van der Waals surface area contributed by atoms with Crippen LogP contribution < -0.4 is 14.7 Å². The quantitative estimate of drug-likeness (QED) is 0.0346. The molecule has 0 aromatic carbocycles. The Morgan fingerprint density at radius 1 is 0.219 bits per heavy atom. The van der Waals surface area contributed by atoms with Gasteiger partial charge in [0.1, 0.15) is 0 Å². The Kier molecular flexibility index (Phi) is 57.7. The molecule has 0 aliphatic carbocycles. The van der Waals surface area contributed by atoms with Gasteiger partial charge in [0.25, 0.3) is 0 Å². The molecule has 64 heavy (non-hydrogen) atoms. The van der Waals surface area contributed by atoms with Crippen LogP contribution in [-0.2, 0) is 4.57 Å². The summed E-state index contributed by atoms with van der Waals surface area (Å²) in [5.41, 5.74) is 0. The van der Waals surface area contributed by atoms with E-state index >= 15 is 0 Å². The number of hydrogen-bond acceptors (Lipinski definition) is 4. The fraction of sp³-hybridized carbons (Fsp3) is 1.00. The minimum atomic E-state index is -5.39. The average molecular weight is 935 g/mol. The molecule has 0 fully saturated rings. The van der Waals surface area contributed by atoms with E-state index in [1.54, 1.807) is 0 Å². The molecule has 0 aliphatic rings. The highest BCUT2D eigenvalue weighted by Gasteiger charge is 2.26. The van der Waals surface area contributed by atoms with Gasteiger partial charge in [-0.2, -0.15) is 7.82 Å². The summed E-state index contributed by atoms with van der Waals surface area (Å²) in [6.45, 7) is 44.8. The lowest BCUT2D eigenvalue weighted by molar-refractivity contribution is -0.929. The molecule has 0 aromatic rings. The highest BCUT2D eigenvalue weighted by Crippen LogP contribution is 2.21. The first-order valence-electron chi connectivity index (χ1n) is 29.0. The molecule has 0 aromatic heterocycles. The molecule has 7 nitrogen and oxygen atoms in total. The van der Waals surface area contributed by atoms with Crippen LogP contribution in [0.5, 0.6) is 0 Å². The standard InChI is InChI=1S/C32H68N.2C12H28N.H3O4P/c1-5-9-13-17-21-25-29-33(30-26-22-18-14-10-6-2,31-27-23-19-15-11-7-3)32-28-24-20-16-12-8-4;2*1-5-9-13(10-6-2,11-7-3)12-8-4;1-5(2,3)4/h5-32H2,1-4H3;2*5-12H2,1-4H3;(H3,1,2,3,4)/q3*+1;/p-3. The van der Waals surface area contributed by atoms with Gasteiger partial charge in [0, 0.05) is 0 Å². The zero-order valence-corrected chi connectivity index (χ0v) is 47.4. The van der Waals surface area contributed by atoms with Crippen molar-refractivity contribution in [3.05, 3.63) is 0 Å². The number of rotatable bonds is 44. The molecule has 0 atom stereocenters. The molecule has 8 heteroatoms. The van der Waals surface area contributed by atoms with Gasteiger partial charge in [-0.1, -0.05) is 186 Å². The number of nitrogens with zero attached hydrogens (tertiary/aromatic N) is 3. The first-order valence-corrected chi connectivity index (χ1v) is 30.5. The van der Waals surface area contributed by atoms with Crippen LogP contribution in [-0.4, -0.2) is 92.0 Å². The largest absolute Gasteiger partial charge is 0.822 e. The van der Waals surface area contributed by atoms with Crippen LogP contribution >= 0.6 is 7.82 Å². The monoisotopic (exact) mass is 934 g/mol. The second kappa shape index (κ2) is 52.4. The molecule has 0 amide bonds. The van der Waals surface area contributed by atoms with E-state index in [2.05, 4.69) is 83.1 Å². The van der Waals surface area contributed by atoms with Crippen molar-refractivity contribution in [1.29, 1.82) is 0 Å². The Morgan fingerprint density at radius 2 is 0.344 bits per heavy atom. The van der Waals surface area contributed by atoms with Gasteiger partial charge in [0.2, 0.25) is 0 Å². The lowest BCUT2D eigenvalue weighted by atomic mass is 10.0. The molecular formula is C56H124N3O4P. The fourth-order valence-electron chi connectivity index (χ4n) is 10.7. The Balaban J connectivity index is -0.000000471. The smallest absolute Gasteiger partial charge is 0.0786 e. The summed E-state index contributed by atoms with van der Waals surface area (Å²) >= 11 is 0. The van der Waals surface area contributed by atoms with Crippen LogP contribution in [0.25, 0.3) is 0 Å². The van der Waals surface area contributed by atoms with Gasteiger partial charge in [-0.3, -0.25) is 0 Å². The van der Waals surface area contributed by atoms with Gasteiger partial charge >= 0.3 is 0 Å². The van der Waals surface area contributed by atoms with Gasteiger partial charge in [0.15, 0.2) is 0 Å². The van der Waals surface area contributed by atoms with Crippen molar-refractivity contribution in [2.45, 2.75) is 289 Å². The fourth-order valence-corrected chi connectivity index (χ4v) is 10.7. The highest BCUT2D eigenvalue weighted by atomic mass is 31.2. The van der Waals surface area contributed by atoms with Crippen LogP contribution in [0, 0.1) is 0 Å². The molecule has 0 bridgehead atoms. The minimum absolute atomic E-state index is 1.33. The van der Waals surface area contributed by atoms with E-state index in [4.69, 9.17) is 19.2 Å². The maximum atomic E-state index is 8.55. The number of unbranched alkanes of at least 4 members (excludes halogenated alkanes) is 20. The molecule has 0 rings (SSSR count). The Morgan fingerprint density at radius 3 is 0.484 bits per heavy atom. The summed E-state index contributed by atoms with van der Waals surface area (Å²) in [6, 6.07) is 0. The summed E-state index contributed by atoms with van der Waals surface area (Å²) in [5.74, 6) is 0. The molecule has 0 spiro atoms. The van der Waals surface area contributed by atoms with Crippen molar-refractivity contribution in [3.8, 4) is 0 Å². The van der Waals surface area contributed by atoms with Gasteiger partial charge < -0.3 is 32.7 Å². The summed E-state index contributed by atoms with van der Waals surface area (Å²) in [4.78, 5) is 25.6. The topological polar surface area (TPSA) is 86.2 Å². The average Bonchev–Trinajstić information content (AvgIpc) is 3.24. The highest BCUT2D eigenvalue weighted by molar-refractivity contribution is 7.40. The van der Waals surface area contributed by atoms with Gasteiger partial charge in [-0.05, 0) is 103 Å². The number of phosphoric acid groups is 1. The van der Waals surface area contributed by atoms with Gasteiger partial charge in [-0.15, -0.1) is 0 Å². The van der Waals surface area contributed by atoms with E-state index in [0.717, 1.165) is 0 Å². The van der Waals surface area contributed by atoms with E-state index in [-0.39, 0.29) is 0 Å². The van der Waals surface area contributed by atoms with Crippen molar-refractivity contribution in [2.24, 2.45) is 0 Å². The predicted octanol–water partition coefficient (Wildman–Crippen LogP) is 15.3. The van der Waals surface area contributed by atoms with Crippen LogP contribution in [0.15, 0.2) is 0 Å².